The number of benzene rings is 1. The molecule has 7 nitrogen and oxygen atoms in total. The van der Waals surface area contributed by atoms with Crippen LogP contribution in [0.1, 0.15) is 6.42 Å². The fourth-order valence-corrected chi connectivity index (χ4v) is 3.43. The SMILES string of the molecule is N#CCCN(CC(F)(F)F)S(=O)(=O)c1ccc2[nH]c(=O)[nH]c2c1. The summed E-state index contributed by atoms with van der Waals surface area (Å²) < 4.78 is 62.7. The van der Waals surface area contributed by atoms with E-state index in [0.717, 1.165) is 12.1 Å². The number of halogens is 3. The number of aromatic amines is 2. The Balaban J connectivity index is 2.45. The lowest BCUT2D eigenvalue weighted by Gasteiger charge is -2.22. The second kappa shape index (κ2) is 6.05. The molecule has 0 atom stereocenters. The number of fused-ring (bicyclic) bond motifs is 1. The number of sulfonamides is 1. The van der Waals surface area contributed by atoms with E-state index in [1.807, 2.05) is 0 Å². The van der Waals surface area contributed by atoms with Crippen LogP contribution in [0.15, 0.2) is 27.9 Å². The van der Waals surface area contributed by atoms with E-state index in [0.29, 0.717) is 5.52 Å². The largest absolute Gasteiger partial charge is 0.402 e. The molecule has 2 N–H and O–H groups in total. The van der Waals surface area contributed by atoms with Crippen molar-refractivity contribution in [3.05, 3.63) is 28.7 Å². The third-order valence-electron chi connectivity index (χ3n) is 2.95. The van der Waals surface area contributed by atoms with Gasteiger partial charge in [0.1, 0.15) is 6.54 Å². The van der Waals surface area contributed by atoms with Crippen LogP contribution in [0.5, 0.6) is 0 Å². The smallest absolute Gasteiger partial charge is 0.306 e. The summed E-state index contributed by atoms with van der Waals surface area (Å²) in [5.74, 6) is 0. The molecule has 2 rings (SSSR count). The van der Waals surface area contributed by atoms with Gasteiger partial charge in [0, 0.05) is 13.0 Å². The van der Waals surface area contributed by atoms with E-state index in [1.165, 1.54) is 6.07 Å². The van der Waals surface area contributed by atoms with Gasteiger partial charge in [0.25, 0.3) is 0 Å². The van der Waals surface area contributed by atoms with Gasteiger partial charge in [0.2, 0.25) is 10.0 Å². The van der Waals surface area contributed by atoms with Crippen LogP contribution < -0.4 is 5.69 Å². The highest BCUT2D eigenvalue weighted by Crippen LogP contribution is 2.24. The summed E-state index contributed by atoms with van der Waals surface area (Å²) in [5.41, 5.74) is -0.0807. The summed E-state index contributed by atoms with van der Waals surface area (Å²) in [7, 11) is -4.46. The lowest BCUT2D eigenvalue weighted by Crippen LogP contribution is -2.39. The van der Waals surface area contributed by atoms with E-state index in [2.05, 4.69) is 9.97 Å². The van der Waals surface area contributed by atoms with Crippen LogP contribution in [0.3, 0.4) is 0 Å². The summed E-state index contributed by atoms with van der Waals surface area (Å²) >= 11 is 0. The average molecular weight is 348 g/mol. The number of nitrogens with zero attached hydrogens (tertiary/aromatic N) is 2. The van der Waals surface area contributed by atoms with Crippen molar-refractivity contribution in [2.45, 2.75) is 17.5 Å². The molecule has 11 heteroatoms. The number of imidazole rings is 1. The number of rotatable bonds is 5. The van der Waals surface area contributed by atoms with Gasteiger partial charge >= 0.3 is 11.9 Å². The second-order valence-electron chi connectivity index (χ2n) is 4.65. The first-order chi connectivity index (χ1) is 10.6. The molecule has 0 fully saturated rings. The molecule has 0 aliphatic heterocycles. The van der Waals surface area contributed by atoms with Crippen LogP contribution in [0.25, 0.3) is 11.0 Å². The molecule has 2 aromatic rings. The van der Waals surface area contributed by atoms with Gasteiger partial charge in [-0.05, 0) is 18.2 Å². The van der Waals surface area contributed by atoms with Gasteiger partial charge in [-0.25, -0.2) is 13.2 Å². The molecule has 0 saturated carbocycles. The highest BCUT2D eigenvalue weighted by atomic mass is 32.2. The maximum atomic E-state index is 12.6. The minimum atomic E-state index is -4.74. The van der Waals surface area contributed by atoms with E-state index >= 15 is 0 Å². The van der Waals surface area contributed by atoms with Gasteiger partial charge in [0.05, 0.1) is 22.0 Å². The highest BCUT2D eigenvalue weighted by Gasteiger charge is 2.36. The number of H-pyrrole nitrogens is 2. The van der Waals surface area contributed by atoms with Crippen molar-refractivity contribution in [3.63, 3.8) is 0 Å². The summed E-state index contributed by atoms with van der Waals surface area (Å²) in [6.45, 7) is -2.28. The lowest BCUT2D eigenvalue weighted by molar-refractivity contribution is -0.136. The number of aromatic nitrogens is 2. The van der Waals surface area contributed by atoms with Gasteiger partial charge in [-0.1, -0.05) is 0 Å². The molecular formula is C12H11F3N4O3S. The Morgan fingerprint density at radius 1 is 1.22 bits per heavy atom. The maximum Gasteiger partial charge on any atom is 0.402 e. The van der Waals surface area contributed by atoms with Gasteiger partial charge in [-0.15, -0.1) is 0 Å². The van der Waals surface area contributed by atoms with Crippen LogP contribution in [-0.4, -0.2) is 42.0 Å². The average Bonchev–Trinajstić information content (AvgIpc) is 2.81. The van der Waals surface area contributed by atoms with Crippen molar-refractivity contribution in [2.75, 3.05) is 13.1 Å². The Hall–Kier alpha value is -2.32. The monoisotopic (exact) mass is 348 g/mol. The third kappa shape index (κ3) is 3.91. The van der Waals surface area contributed by atoms with Crippen molar-refractivity contribution < 1.29 is 21.6 Å². The Bertz CT molecular complexity index is 908. The van der Waals surface area contributed by atoms with E-state index in [1.54, 1.807) is 6.07 Å². The number of nitrogens with one attached hydrogen (secondary N) is 2. The van der Waals surface area contributed by atoms with Crippen molar-refractivity contribution in [1.82, 2.24) is 14.3 Å². The molecule has 0 spiro atoms. The topological polar surface area (TPSA) is 110 Å². The van der Waals surface area contributed by atoms with Crippen LogP contribution in [0.4, 0.5) is 13.2 Å². The Morgan fingerprint density at radius 3 is 2.48 bits per heavy atom. The summed E-state index contributed by atoms with van der Waals surface area (Å²) in [6, 6.07) is 5.05. The first-order valence-electron chi connectivity index (χ1n) is 6.29. The van der Waals surface area contributed by atoms with E-state index in [4.69, 9.17) is 5.26 Å². The van der Waals surface area contributed by atoms with Crippen LogP contribution in [0, 0.1) is 11.3 Å². The van der Waals surface area contributed by atoms with Gasteiger partial charge in [0.15, 0.2) is 0 Å². The Kier molecular flexibility index (Phi) is 4.49. The van der Waals surface area contributed by atoms with Crippen molar-refractivity contribution in [3.8, 4) is 6.07 Å². The molecule has 124 valence electrons. The quantitative estimate of drug-likeness (QED) is 0.849. The standard InChI is InChI=1S/C12H11F3N4O3S/c13-12(14,15)7-19(5-1-4-16)23(21,22)8-2-3-9-10(6-8)18-11(20)17-9/h2-3,6H,1,5,7H2,(H2,17,18,20). The second-order valence-corrected chi connectivity index (χ2v) is 6.59. The first kappa shape index (κ1) is 17.0. The number of hydrogen-bond donors (Lipinski definition) is 2. The lowest BCUT2D eigenvalue weighted by atomic mass is 10.3. The molecule has 23 heavy (non-hydrogen) atoms. The molecule has 0 radical (unpaired) electrons. The van der Waals surface area contributed by atoms with Crippen LogP contribution in [-0.2, 0) is 10.0 Å². The minimum Gasteiger partial charge on any atom is -0.306 e. The molecular weight excluding hydrogens is 337 g/mol. The fourth-order valence-electron chi connectivity index (χ4n) is 1.98. The molecule has 1 aromatic heterocycles. The van der Waals surface area contributed by atoms with E-state index < -0.39 is 39.9 Å². The van der Waals surface area contributed by atoms with Gasteiger partial charge < -0.3 is 9.97 Å². The number of nitriles is 1. The van der Waals surface area contributed by atoms with E-state index in [-0.39, 0.29) is 16.2 Å². The minimum absolute atomic E-state index is 0.156. The van der Waals surface area contributed by atoms with Crippen molar-refractivity contribution >= 4 is 21.1 Å². The number of alkyl halides is 3. The molecule has 0 saturated heterocycles. The third-order valence-corrected chi connectivity index (χ3v) is 4.80. The molecule has 1 aromatic carbocycles. The number of hydrogen-bond acceptors (Lipinski definition) is 4. The Labute approximate surface area is 128 Å². The Morgan fingerprint density at radius 2 is 1.87 bits per heavy atom. The predicted octanol–water partition coefficient (Wildman–Crippen LogP) is 1.32. The maximum absolute atomic E-state index is 12.6. The molecule has 0 aliphatic rings. The summed E-state index contributed by atoms with van der Waals surface area (Å²) in [4.78, 5) is 15.5. The highest BCUT2D eigenvalue weighted by molar-refractivity contribution is 7.89. The molecule has 0 bridgehead atoms. The molecule has 0 aliphatic carbocycles. The zero-order valence-corrected chi connectivity index (χ0v) is 12.3. The van der Waals surface area contributed by atoms with Gasteiger partial charge in [-0.3, -0.25) is 0 Å². The van der Waals surface area contributed by atoms with Gasteiger partial charge in [-0.2, -0.15) is 22.7 Å². The first-order valence-corrected chi connectivity index (χ1v) is 7.73. The summed E-state index contributed by atoms with van der Waals surface area (Å²) in [5, 5.41) is 8.50. The van der Waals surface area contributed by atoms with E-state index in [9.17, 15) is 26.4 Å². The predicted molar refractivity (Wildman–Crippen MR) is 74.0 cm³/mol. The normalized spacial score (nSPS) is 12.7. The zero-order valence-electron chi connectivity index (χ0n) is 11.5. The van der Waals surface area contributed by atoms with Crippen LogP contribution >= 0.6 is 0 Å². The van der Waals surface area contributed by atoms with Crippen LogP contribution in [0.2, 0.25) is 0 Å². The fraction of sp³-hybridized carbons (Fsp3) is 0.333. The molecule has 1 heterocycles. The molecule has 0 unspecified atom stereocenters. The zero-order chi connectivity index (χ0) is 17.3. The molecule has 0 amide bonds. The van der Waals surface area contributed by atoms with Crippen molar-refractivity contribution in [2.24, 2.45) is 0 Å². The summed E-state index contributed by atoms with van der Waals surface area (Å²) in [6.07, 6.45) is -5.12. The van der Waals surface area contributed by atoms with Crippen molar-refractivity contribution in [1.29, 1.82) is 5.26 Å².